The van der Waals surface area contributed by atoms with Crippen LogP contribution in [0.3, 0.4) is 0 Å². The van der Waals surface area contributed by atoms with Gasteiger partial charge >= 0.3 is 5.97 Å². The van der Waals surface area contributed by atoms with E-state index in [1.165, 1.54) is 28.2 Å². The van der Waals surface area contributed by atoms with Crippen LogP contribution in [-0.2, 0) is 0 Å². The summed E-state index contributed by atoms with van der Waals surface area (Å²) >= 11 is 1.48. The van der Waals surface area contributed by atoms with E-state index in [4.69, 9.17) is 5.11 Å². The molecule has 0 saturated heterocycles. The van der Waals surface area contributed by atoms with Gasteiger partial charge in [-0.25, -0.2) is 9.48 Å². The Kier molecular flexibility index (Phi) is 3.31. The number of carboxylic acids is 1. The van der Waals surface area contributed by atoms with Gasteiger partial charge < -0.3 is 5.11 Å². The molecule has 1 N–H and O–H groups in total. The number of carboxylic acid groups (broad SMARTS) is 1. The van der Waals surface area contributed by atoms with Crippen LogP contribution in [0.1, 0.15) is 28.9 Å². The molecule has 1 atom stereocenters. The minimum absolute atomic E-state index is 0.136. The van der Waals surface area contributed by atoms with Crippen molar-refractivity contribution in [1.82, 2.24) is 9.78 Å². The van der Waals surface area contributed by atoms with Crippen molar-refractivity contribution in [1.29, 1.82) is 0 Å². The van der Waals surface area contributed by atoms with Crippen LogP contribution < -0.4 is 5.56 Å². The Bertz CT molecular complexity index is 865. The van der Waals surface area contributed by atoms with Gasteiger partial charge in [0.1, 0.15) is 0 Å². The molecule has 6 heteroatoms. The van der Waals surface area contributed by atoms with E-state index >= 15 is 0 Å². The third-order valence-electron chi connectivity index (χ3n) is 3.44. The number of aromatic carboxylic acids is 1. The smallest absolute Gasteiger partial charge is 0.335 e. The van der Waals surface area contributed by atoms with Gasteiger partial charge in [-0.3, -0.25) is 4.79 Å². The largest absolute Gasteiger partial charge is 0.478 e. The Balaban J connectivity index is 2.03. The molecule has 0 radical (unpaired) electrons. The Morgan fingerprint density at radius 2 is 2.00 bits per heavy atom. The van der Waals surface area contributed by atoms with Gasteiger partial charge in [-0.05, 0) is 36.1 Å². The number of hydrogen-bond donors (Lipinski definition) is 1. The number of rotatable bonds is 3. The summed E-state index contributed by atoms with van der Waals surface area (Å²) in [6.07, 6.45) is 1.68. The molecule has 0 aliphatic carbocycles. The normalized spacial score (nSPS) is 12.4. The number of hydrogen-bond acceptors (Lipinski definition) is 4. The molecular weight excluding hydrogens is 288 g/mol. The molecule has 21 heavy (non-hydrogen) atoms. The van der Waals surface area contributed by atoms with E-state index in [1.54, 1.807) is 24.4 Å². The van der Waals surface area contributed by atoms with Gasteiger partial charge in [0, 0.05) is 0 Å². The maximum absolute atomic E-state index is 12.4. The first-order valence-electron chi connectivity index (χ1n) is 6.36. The zero-order valence-corrected chi connectivity index (χ0v) is 12.0. The van der Waals surface area contributed by atoms with Crippen LogP contribution in [0.15, 0.2) is 46.7 Å². The standard InChI is InChI=1S/C15H12N2O3S/c1-9(10-2-4-11(5-3-10)15(19)20)17-14(18)12-6-7-21-13(12)8-16-17/h2-9H,1H3,(H,19,20). The van der Waals surface area contributed by atoms with Gasteiger partial charge in [-0.2, -0.15) is 5.10 Å². The van der Waals surface area contributed by atoms with Gasteiger partial charge in [-0.15, -0.1) is 11.3 Å². The first kappa shape index (κ1) is 13.5. The molecule has 0 spiro atoms. The van der Waals surface area contributed by atoms with Crippen molar-refractivity contribution in [2.75, 3.05) is 0 Å². The molecule has 0 aliphatic heterocycles. The lowest BCUT2D eigenvalue weighted by Gasteiger charge is -2.14. The summed E-state index contributed by atoms with van der Waals surface area (Å²) in [6.45, 7) is 1.86. The van der Waals surface area contributed by atoms with E-state index in [9.17, 15) is 9.59 Å². The van der Waals surface area contributed by atoms with Crippen molar-refractivity contribution in [2.45, 2.75) is 13.0 Å². The van der Waals surface area contributed by atoms with Crippen LogP contribution in [0, 0.1) is 0 Å². The molecule has 5 nitrogen and oxygen atoms in total. The predicted octanol–water partition coefficient (Wildman–Crippen LogP) is 2.77. The SMILES string of the molecule is CC(c1ccc(C(=O)O)cc1)n1ncc2sccc2c1=O. The van der Waals surface area contributed by atoms with Crippen molar-refractivity contribution < 1.29 is 9.90 Å². The van der Waals surface area contributed by atoms with Crippen molar-refractivity contribution in [2.24, 2.45) is 0 Å². The quantitative estimate of drug-likeness (QED) is 0.807. The lowest BCUT2D eigenvalue weighted by molar-refractivity contribution is 0.0697. The van der Waals surface area contributed by atoms with Crippen molar-refractivity contribution in [3.05, 3.63) is 63.4 Å². The minimum Gasteiger partial charge on any atom is -0.478 e. The van der Waals surface area contributed by atoms with Gasteiger partial charge in [-0.1, -0.05) is 12.1 Å². The molecule has 3 rings (SSSR count). The Labute approximate surface area is 124 Å². The lowest BCUT2D eigenvalue weighted by atomic mass is 10.1. The fourth-order valence-electron chi connectivity index (χ4n) is 2.21. The molecule has 0 saturated carbocycles. The Morgan fingerprint density at radius 3 is 2.67 bits per heavy atom. The summed E-state index contributed by atoms with van der Waals surface area (Å²) in [5, 5.41) is 15.6. The van der Waals surface area contributed by atoms with Gasteiger partial charge in [0.2, 0.25) is 0 Å². The van der Waals surface area contributed by atoms with Gasteiger partial charge in [0.25, 0.3) is 5.56 Å². The topological polar surface area (TPSA) is 72.2 Å². The van der Waals surface area contributed by atoms with E-state index in [1.807, 2.05) is 12.3 Å². The van der Waals surface area contributed by atoms with Crippen LogP contribution in [-0.4, -0.2) is 20.9 Å². The second-order valence-corrected chi connectivity index (χ2v) is 5.64. The molecule has 106 valence electrons. The van der Waals surface area contributed by atoms with Gasteiger partial charge in [0.05, 0.1) is 27.9 Å². The summed E-state index contributed by atoms with van der Waals surface area (Å²) in [6, 6.07) is 8.01. The molecular formula is C15H12N2O3S. The molecule has 0 fully saturated rings. The van der Waals surface area contributed by atoms with Crippen LogP contribution in [0.5, 0.6) is 0 Å². The van der Waals surface area contributed by atoms with E-state index in [-0.39, 0.29) is 17.2 Å². The summed E-state index contributed by atoms with van der Waals surface area (Å²) in [4.78, 5) is 23.2. The summed E-state index contributed by atoms with van der Waals surface area (Å²) < 4.78 is 2.29. The minimum atomic E-state index is -0.968. The first-order valence-corrected chi connectivity index (χ1v) is 7.24. The van der Waals surface area contributed by atoms with E-state index in [2.05, 4.69) is 5.10 Å². The fourth-order valence-corrected chi connectivity index (χ4v) is 2.95. The number of aromatic nitrogens is 2. The molecule has 1 unspecified atom stereocenters. The monoisotopic (exact) mass is 300 g/mol. The second kappa shape index (κ2) is 5.14. The highest BCUT2D eigenvalue weighted by atomic mass is 32.1. The number of carbonyl (C=O) groups is 1. The maximum atomic E-state index is 12.4. The molecule has 0 bridgehead atoms. The fraction of sp³-hybridized carbons (Fsp3) is 0.133. The average Bonchev–Trinajstić information content (AvgIpc) is 2.96. The number of fused-ring (bicyclic) bond motifs is 1. The van der Waals surface area contributed by atoms with Crippen LogP contribution >= 0.6 is 11.3 Å². The van der Waals surface area contributed by atoms with E-state index in [0.29, 0.717) is 5.39 Å². The van der Waals surface area contributed by atoms with Crippen LogP contribution in [0.2, 0.25) is 0 Å². The molecule has 2 aromatic heterocycles. The van der Waals surface area contributed by atoms with Crippen LogP contribution in [0.4, 0.5) is 0 Å². The maximum Gasteiger partial charge on any atom is 0.335 e. The number of benzene rings is 1. The Hall–Kier alpha value is -2.47. The molecule has 0 aliphatic rings. The lowest BCUT2D eigenvalue weighted by Crippen LogP contribution is -2.26. The van der Waals surface area contributed by atoms with Crippen molar-refractivity contribution in [3.63, 3.8) is 0 Å². The van der Waals surface area contributed by atoms with Crippen molar-refractivity contribution >= 4 is 27.4 Å². The first-order chi connectivity index (χ1) is 10.1. The zero-order valence-electron chi connectivity index (χ0n) is 11.2. The predicted molar refractivity (Wildman–Crippen MR) is 81.1 cm³/mol. The highest BCUT2D eigenvalue weighted by Crippen LogP contribution is 2.19. The molecule has 2 heterocycles. The third kappa shape index (κ3) is 2.34. The highest BCUT2D eigenvalue weighted by molar-refractivity contribution is 7.17. The number of nitrogens with zero attached hydrogens (tertiary/aromatic N) is 2. The summed E-state index contributed by atoms with van der Waals surface area (Å²) in [5.74, 6) is -0.968. The molecule has 1 aromatic carbocycles. The highest BCUT2D eigenvalue weighted by Gasteiger charge is 2.14. The second-order valence-electron chi connectivity index (χ2n) is 4.70. The average molecular weight is 300 g/mol. The van der Waals surface area contributed by atoms with Gasteiger partial charge in [0.15, 0.2) is 0 Å². The van der Waals surface area contributed by atoms with E-state index < -0.39 is 5.97 Å². The molecule has 0 amide bonds. The van der Waals surface area contributed by atoms with Crippen LogP contribution in [0.25, 0.3) is 10.1 Å². The zero-order chi connectivity index (χ0) is 15.0. The summed E-state index contributed by atoms with van der Waals surface area (Å²) in [5.41, 5.74) is 0.923. The van der Waals surface area contributed by atoms with Crippen molar-refractivity contribution in [3.8, 4) is 0 Å². The number of thiophene rings is 1. The Morgan fingerprint density at radius 1 is 1.29 bits per heavy atom. The van der Waals surface area contributed by atoms with E-state index in [0.717, 1.165) is 10.3 Å². The third-order valence-corrected chi connectivity index (χ3v) is 4.29. The summed E-state index contributed by atoms with van der Waals surface area (Å²) in [7, 11) is 0. The molecule has 3 aromatic rings.